The van der Waals surface area contributed by atoms with E-state index in [1.54, 1.807) is 13.0 Å². The molecule has 0 saturated heterocycles. The Morgan fingerprint density at radius 1 is 1.09 bits per heavy atom. The summed E-state index contributed by atoms with van der Waals surface area (Å²) in [6.45, 7) is -1.05. The van der Waals surface area contributed by atoms with E-state index >= 15 is 0 Å². The molecule has 1 amide bonds. The topological polar surface area (TPSA) is 120 Å². The molecule has 3 aromatic rings. The average Bonchev–Trinajstić information content (AvgIpc) is 2.80. The van der Waals surface area contributed by atoms with Gasteiger partial charge >= 0.3 is 6.61 Å². The highest BCUT2D eigenvalue weighted by Crippen LogP contribution is 2.30. The van der Waals surface area contributed by atoms with E-state index in [0.29, 0.717) is 11.3 Å². The zero-order valence-corrected chi connectivity index (χ0v) is 18.6. The number of halogens is 2. The highest BCUT2D eigenvalue weighted by Gasteiger charge is 2.15. The first-order chi connectivity index (χ1) is 16.3. The molecule has 0 radical (unpaired) electrons. The molecule has 0 aliphatic rings. The lowest BCUT2D eigenvalue weighted by Gasteiger charge is -2.11. The molecule has 3 rings (SSSR count). The Morgan fingerprint density at radius 3 is 2.44 bits per heavy atom. The van der Waals surface area contributed by atoms with Crippen LogP contribution in [0.25, 0.3) is 6.08 Å². The van der Waals surface area contributed by atoms with E-state index in [1.807, 2.05) is 0 Å². The third kappa shape index (κ3) is 6.97. The number of anilines is 2. The molecular formula is C22H20F2N4O5S. The van der Waals surface area contributed by atoms with Crippen LogP contribution in [0.4, 0.5) is 20.4 Å². The highest BCUT2D eigenvalue weighted by atomic mass is 32.2. The number of hydrogen-bond acceptors (Lipinski definition) is 7. The Labute approximate surface area is 194 Å². The molecule has 178 valence electrons. The van der Waals surface area contributed by atoms with Gasteiger partial charge in [0.15, 0.2) is 11.5 Å². The van der Waals surface area contributed by atoms with Gasteiger partial charge in [0.2, 0.25) is 11.9 Å². The standard InChI is InChI=1S/C22H20F2N4O5S/c1-2-32-19-14-15(4-10-18(19)33-21(23)24)5-11-20(29)27-16-6-8-17(9-7-16)34(30,31)28-22-25-12-3-13-26-22/h3-14,21H,2H2,1H3,(H,27,29)(H,25,26,28)/b11-5+. The quantitative estimate of drug-likeness (QED) is 0.413. The first-order valence-corrected chi connectivity index (χ1v) is 11.4. The molecule has 2 aromatic carbocycles. The molecule has 12 heteroatoms. The van der Waals surface area contributed by atoms with Gasteiger partial charge in [-0.2, -0.15) is 8.78 Å². The van der Waals surface area contributed by atoms with Crippen LogP contribution in [0.5, 0.6) is 11.5 Å². The van der Waals surface area contributed by atoms with Crippen molar-refractivity contribution in [2.24, 2.45) is 0 Å². The molecule has 9 nitrogen and oxygen atoms in total. The van der Waals surface area contributed by atoms with E-state index in [2.05, 4.69) is 24.7 Å². The summed E-state index contributed by atoms with van der Waals surface area (Å²) in [5, 5.41) is 2.60. The number of nitrogens with zero attached hydrogens (tertiary/aromatic N) is 2. The van der Waals surface area contributed by atoms with Crippen molar-refractivity contribution >= 4 is 33.6 Å². The number of rotatable bonds is 10. The second-order valence-corrected chi connectivity index (χ2v) is 8.22. The van der Waals surface area contributed by atoms with Crippen LogP contribution in [0.15, 0.2) is 71.9 Å². The minimum atomic E-state index is -3.90. The minimum Gasteiger partial charge on any atom is -0.490 e. The molecule has 0 saturated carbocycles. The number of nitrogens with one attached hydrogen (secondary N) is 2. The molecular weight excluding hydrogens is 470 g/mol. The molecule has 1 heterocycles. The Bertz CT molecular complexity index is 1250. The van der Waals surface area contributed by atoms with Crippen LogP contribution >= 0.6 is 0 Å². The van der Waals surface area contributed by atoms with Gasteiger partial charge in [-0.15, -0.1) is 0 Å². The minimum absolute atomic E-state index is 0.0388. The molecule has 34 heavy (non-hydrogen) atoms. The van der Waals surface area contributed by atoms with E-state index in [0.717, 1.165) is 0 Å². The molecule has 0 spiro atoms. The van der Waals surface area contributed by atoms with Crippen LogP contribution in [0.2, 0.25) is 0 Å². The Kier molecular flexibility index (Phi) is 8.09. The van der Waals surface area contributed by atoms with Crippen molar-refractivity contribution in [3.8, 4) is 11.5 Å². The summed E-state index contributed by atoms with van der Waals surface area (Å²) in [6, 6.07) is 11.3. The third-order valence-electron chi connectivity index (χ3n) is 4.13. The molecule has 0 fully saturated rings. The molecule has 0 aliphatic carbocycles. The van der Waals surface area contributed by atoms with E-state index < -0.39 is 22.5 Å². The number of benzene rings is 2. The van der Waals surface area contributed by atoms with Gasteiger partial charge in [-0.1, -0.05) is 6.07 Å². The largest absolute Gasteiger partial charge is 0.490 e. The zero-order valence-electron chi connectivity index (χ0n) is 17.8. The van der Waals surface area contributed by atoms with E-state index in [1.165, 1.54) is 67.0 Å². The summed E-state index contributed by atoms with van der Waals surface area (Å²) in [7, 11) is -3.90. The van der Waals surface area contributed by atoms with Gasteiger partial charge in [-0.3, -0.25) is 4.79 Å². The van der Waals surface area contributed by atoms with Gasteiger partial charge in [-0.05, 0) is 61.0 Å². The number of amides is 1. The van der Waals surface area contributed by atoms with E-state index in [4.69, 9.17) is 4.74 Å². The van der Waals surface area contributed by atoms with Crippen molar-refractivity contribution in [3.63, 3.8) is 0 Å². The highest BCUT2D eigenvalue weighted by molar-refractivity contribution is 7.92. The lowest BCUT2D eigenvalue weighted by atomic mass is 10.2. The third-order valence-corrected chi connectivity index (χ3v) is 5.48. The smallest absolute Gasteiger partial charge is 0.387 e. The number of hydrogen-bond donors (Lipinski definition) is 2. The van der Waals surface area contributed by atoms with Crippen LogP contribution < -0.4 is 19.5 Å². The Balaban J connectivity index is 1.64. The number of aromatic nitrogens is 2. The summed E-state index contributed by atoms with van der Waals surface area (Å²) in [6.07, 6.45) is 5.50. The molecule has 0 unspecified atom stereocenters. The predicted molar refractivity (Wildman–Crippen MR) is 121 cm³/mol. The van der Waals surface area contributed by atoms with Gasteiger partial charge in [0.1, 0.15) is 0 Å². The lowest BCUT2D eigenvalue weighted by molar-refractivity contribution is -0.111. The molecule has 2 N–H and O–H groups in total. The van der Waals surface area contributed by atoms with Crippen LogP contribution in [0.3, 0.4) is 0 Å². The van der Waals surface area contributed by atoms with E-state index in [9.17, 15) is 22.0 Å². The summed E-state index contributed by atoms with van der Waals surface area (Å²) >= 11 is 0. The maximum Gasteiger partial charge on any atom is 0.387 e. The van der Waals surface area contributed by atoms with Gasteiger partial charge < -0.3 is 14.8 Å². The van der Waals surface area contributed by atoms with Crippen molar-refractivity contribution in [2.45, 2.75) is 18.4 Å². The fourth-order valence-electron chi connectivity index (χ4n) is 2.69. The van der Waals surface area contributed by atoms with Gasteiger partial charge in [0.05, 0.1) is 11.5 Å². The van der Waals surface area contributed by atoms with E-state index in [-0.39, 0.29) is 28.9 Å². The van der Waals surface area contributed by atoms with Crippen LogP contribution in [0, 0.1) is 0 Å². The van der Waals surface area contributed by atoms with Crippen LogP contribution in [-0.4, -0.2) is 37.5 Å². The van der Waals surface area contributed by atoms with Crippen LogP contribution in [0.1, 0.15) is 12.5 Å². The second-order valence-electron chi connectivity index (χ2n) is 6.54. The Hall–Kier alpha value is -4.06. The average molecular weight is 490 g/mol. The fourth-order valence-corrected chi connectivity index (χ4v) is 3.65. The summed E-state index contributed by atoms with van der Waals surface area (Å²) in [5.74, 6) is -0.540. The van der Waals surface area contributed by atoms with Gasteiger partial charge in [-0.25, -0.2) is 23.1 Å². The normalized spacial score (nSPS) is 11.4. The summed E-state index contributed by atoms with van der Waals surface area (Å²) in [4.78, 5) is 19.8. The number of carbonyl (C=O) groups excluding carboxylic acids is 1. The van der Waals surface area contributed by atoms with Crippen molar-refractivity contribution in [2.75, 3.05) is 16.6 Å². The first-order valence-electron chi connectivity index (χ1n) is 9.87. The molecule has 0 atom stereocenters. The number of carbonyl (C=O) groups is 1. The molecule has 0 aliphatic heterocycles. The van der Waals surface area contributed by atoms with Crippen molar-refractivity contribution in [1.82, 2.24) is 9.97 Å². The maximum absolute atomic E-state index is 12.5. The van der Waals surface area contributed by atoms with Crippen LogP contribution in [-0.2, 0) is 14.8 Å². The zero-order chi connectivity index (χ0) is 24.6. The van der Waals surface area contributed by atoms with Gasteiger partial charge in [0.25, 0.3) is 10.0 Å². The Morgan fingerprint density at radius 2 is 1.79 bits per heavy atom. The molecule has 0 bridgehead atoms. The van der Waals surface area contributed by atoms with Gasteiger partial charge in [0, 0.05) is 24.2 Å². The SMILES string of the molecule is CCOc1cc(/C=C/C(=O)Nc2ccc(S(=O)(=O)Nc3ncccn3)cc2)ccc1OC(F)F. The number of sulfonamides is 1. The second kappa shape index (κ2) is 11.2. The van der Waals surface area contributed by atoms with Crippen molar-refractivity contribution in [1.29, 1.82) is 0 Å². The summed E-state index contributed by atoms with van der Waals surface area (Å²) in [5.41, 5.74) is 0.885. The lowest BCUT2D eigenvalue weighted by Crippen LogP contribution is -2.15. The monoisotopic (exact) mass is 490 g/mol. The predicted octanol–water partition coefficient (Wildman–Crippen LogP) is 3.93. The van der Waals surface area contributed by atoms with Crippen molar-refractivity contribution in [3.05, 3.63) is 72.6 Å². The maximum atomic E-state index is 12.5. The molecule has 1 aromatic heterocycles. The fraction of sp³-hybridized carbons (Fsp3) is 0.136. The first kappa shape index (κ1) is 24.6. The summed E-state index contributed by atoms with van der Waals surface area (Å²) < 4.78 is 61.8. The number of alkyl halides is 2. The van der Waals surface area contributed by atoms with Crippen molar-refractivity contribution < 1.29 is 31.5 Å². The number of ether oxygens (including phenoxy) is 2.